The third-order valence-electron chi connectivity index (χ3n) is 1.44. The molecule has 5 nitrogen and oxygen atoms in total. The molecular formula is C9H19N2O3. The Kier molecular flexibility index (Phi) is 3.91. The van der Waals surface area contributed by atoms with E-state index in [1.807, 2.05) is 0 Å². The van der Waals surface area contributed by atoms with Crippen LogP contribution in [0.15, 0.2) is 0 Å². The average molecular weight is 203 g/mol. The lowest BCUT2D eigenvalue weighted by Gasteiger charge is -2.32. The number of ether oxygens (including phenoxy) is 1. The molecule has 0 bridgehead atoms. The quantitative estimate of drug-likeness (QED) is 0.643. The SMILES string of the molecule is [CH2][C@](O)(NC(=O)OC(C)(C)C)N(C)C. The summed E-state index contributed by atoms with van der Waals surface area (Å²) in [5.74, 6) is -1.65. The Morgan fingerprint density at radius 1 is 1.43 bits per heavy atom. The van der Waals surface area contributed by atoms with Crippen LogP contribution in [-0.2, 0) is 4.74 Å². The van der Waals surface area contributed by atoms with Gasteiger partial charge in [-0.05, 0) is 34.9 Å². The van der Waals surface area contributed by atoms with E-state index in [0.29, 0.717) is 0 Å². The Hall–Kier alpha value is -0.810. The van der Waals surface area contributed by atoms with Crippen LogP contribution in [0, 0.1) is 6.92 Å². The van der Waals surface area contributed by atoms with E-state index in [0.717, 1.165) is 0 Å². The highest BCUT2D eigenvalue weighted by Crippen LogP contribution is 2.08. The first-order valence-corrected chi connectivity index (χ1v) is 4.31. The second-order valence-corrected chi connectivity index (χ2v) is 4.34. The molecule has 0 heterocycles. The van der Waals surface area contributed by atoms with Gasteiger partial charge in [-0.3, -0.25) is 10.2 Å². The first kappa shape index (κ1) is 13.2. The number of hydrogen-bond acceptors (Lipinski definition) is 4. The van der Waals surface area contributed by atoms with E-state index in [2.05, 4.69) is 12.2 Å². The van der Waals surface area contributed by atoms with Crippen LogP contribution in [0.4, 0.5) is 4.79 Å². The van der Waals surface area contributed by atoms with Crippen molar-refractivity contribution in [2.75, 3.05) is 14.1 Å². The summed E-state index contributed by atoms with van der Waals surface area (Å²) in [4.78, 5) is 12.6. The fourth-order valence-electron chi connectivity index (χ4n) is 0.579. The van der Waals surface area contributed by atoms with Crippen molar-refractivity contribution in [2.24, 2.45) is 0 Å². The molecule has 0 aliphatic rings. The number of amides is 1. The molecule has 1 radical (unpaired) electrons. The molecule has 5 heteroatoms. The number of nitrogens with one attached hydrogen (secondary N) is 1. The summed E-state index contributed by atoms with van der Waals surface area (Å²) in [5.41, 5.74) is -0.591. The number of nitrogens with zero attached hydrogens (tertiary/aromatic N) is 1. The fourth-order valence-corrected chi connectivity index (χ4v) is 0.579. The predicted molar refractivity (Wildman–Crippen MR) is 53.4 cm³/mol. The van der Waals surface area contributed by atoms with Crippen LogP contribution < -0.4 is 5.32 Å². The van der Waals surface area contributed by atoms with Gasteiger partial charge in [0, 0.05) is 6.92 Å². The lowest BCUT2D eigenvalue weighted by molar-refractivity contribution is -0.0720. The molecule has 0 saturated carbocycles. The van der Waals surface area contributed by atoms with Crippen LogP contribution in [0.5, 0.6) is 0 Å². The molecule has 0 aliphatic carbocycles. The van der Waals surface area contributed by atoms with E-state index in [9.17, 15) is 9.90 Å². The fraction of sp³-hybridized carbons (Fsp3) is 0.778. The Labute approximate surface area is 85.0 Å². The van der Waals surface area contributed by atoms with Crippen molar-refractivity contribution in [2.45, 2.75) is 32.2 Å². The molecule has 0 aliphatic heterocycles. The van der Waals surface area contributed by atoms with E-state index < -0.39 is 17.5 Å². The van der Waals surface area contributed by atoms with E-state index in [1.54, 1.807) is 34.9 Å². The van der Waals surface area contributed by atoms with E-state index in [-0.39, 0.29) is 0 Å². The molecule has 1 atom stereocenters. The van der Waals surface area contributed by atoms with Crippen LogP contribution in [0.1, 0.15) is 20.8 Å². The summed E-state index contributed by atoms with van der Waals surface area (Å²) in [6.07, 6.45) is -0.705. The number of carbonyl (C=O) groups excluding carboxylic acids is 1. The monoisotopic (exact) mass is 203 g/mol. The maximum atomic E-state index is 11.2. The third-order valence-corrected chi connectivity index (χ3v) is 1.44. The molecule has 1 amide bonds. The van der Waals surface area contributed by atoms with Gasteiger partial charge in [0.25, 0.3) is 0 Å². The number of aliphatic hydroxyl groups is 1. The van der Waals surface area contributed by atoms with Gasteiger partial charge in [-0.25, -0.2) is 4.79 Å². The number of alkyl carbamates (subject to hydrolysis) is 1. The molecule has 0 aromatic heterocycles. The summed E-state index contributed by atoms with van der Waals surface area (Å²) in [6, 6.07) is 0. The van der Waals surface area contributed by atoms with Crippen molar-refractivity contribution in [3.63, 3.8) is 0 Å². The van der Waals surface area contributed by atoms with Crippen LogP contribution >= 0.6 is 0 Å². The van der Waals surface area contributed by atoms with Gasteiger partial charge in [0.15, 0.2) is 5.85 Å². The minimum absolute atomic E-state index is 0.591. The van der Waals surface area contributed by atoms with Gasteiger partial charge in [0.1, 0.15) is 5.60 Å². The van der Waals surface area contributed by atoms with Gasteiger partial charge < -0.3 is 9.84 Å². The Balaban J connectivity index is 4.20. The second-order valence-electron chi connectivity index (χ2n) is 4.34. The summed E-state index contributed by atoms with van der Waals surface area (Å²) in [5, 5.41) is 11.8. The zero-order chi connectivity index (χ0) is 11.6. The highest BCUT2D eigenvalue weighted by molar-refractivity contribution is 5.68. The Morgan fingerprint density at radius 2 is 1.86 bits per heavy atom. The van der Waals surface area contributed by atoms with Gasteiger partial charge in [-0.2, -0.15) is 0 Å². The Bertz CT molecular complexity index is 207. The molecule has 0 saturated heterocycles. The lowest BCUT2D eigenvalue weighted by Crippen LogP contribution is -2.56. The van der Waals surface area contributed by atoms with E-state index in [1.165, 1.54) is 4.90 Å². The molecule has 0 aromatic rings. The maximum absolute atomic E-state index is 11.2. The van der Waals surface area contributed by atoms with Crippen LogP contribution in [-0.4, -0.2) is 41.6 Å². The smallest absolute Gasteiger partial charge is 0.410 e. The first-order chi connectivity index (χ1) is 6.04. The molecule has 0 fully saturated rings. The molecule has 0 unspecified atom stereocenters. The van der Waals surface area contributed by atoms with Gasteiger partial charge >= 0.3 is 6.09 Å². The molecule has 0 rings (SSSR count). The normalized spacial score (nSPS) is 16.3. The van der Waals surface area contributed by atoms with Crippen LogP contribution in [0.2, 0.25) is 0 Å². The van der Waals surface area contributed by atoms with Crippen molar-refractivity contribution < 1.29 is 14.6 Å². The molecule has 83 valence electrons. The number of carbonyl (C=O) groups is 1. The van der Waals surface area contributed by atoms with Gasteiger partial charge in [0.2, 0.25) is 0 Å². The second kappa shape index (κ2) is 4.14. The van der Waals surface area contributed by atoms with Gasteiger partial charge in [-0.15, -0.1) is 0 Å². The summed E-state index contributed by atoms with van der Waals surface area (Å²) in [6.45, 7) is 8.63. The van der Waals surface area contributed by atoms with E-state index >= 15 is 0 Å². The molecule has 2 N–H and O–H groups in total. The van der Waals surface area contributed by atoms with Gasteiger partial charge in [-0.1, -0.05) is 0 Å². The topological polar surface area (TPSA) is 61.8 Å². The first-order valence-electron chi connectivity index (χ1n) is 4.31. The molecule has 0 aromatic carbocycles. The summed E-state index contributed by atoms with van der Waals surface area (Å²) in [7, 11) is 3.18. The summed E-state index contributed by atoms with van der Waals surface area (Å²) >= 11 is 0. The third kappa shape index (κ3) is 5.04. The standard InChI is InChI=1S/C9H19N2O3/c1-8(2,3)14-7(12)10-9(4,13)11(5)6/h13H,4H2,1-3,5-6H3,(H,10,12)/t9-/m0/s1. The van der Waals surface area contributed by atoms with Crippen molar-refractivity contribution in [1.29, 1.82) is 0 Å². The van der Waals surface area contributed by atoms with Crippen molar-refractivity contribution in [1.82, 2.24) is 10.2 Å². The van der Waals surface area contributed by atoms with Crippen molar-refractivity contribution in [3.8, 4) is 0 Å². The molecule has 14 heavy (non-hydrogen) atoms. The van der Waals surface area contributed by atoms with Crippen molar-refractivity contribution in [3.05, 3.63) is 6.92 Å². The zero-order valence-corrected chi connectivity index (χ0v) is 9.42. The average Bonchev–Trinajstić information content (AvgIpc) is 1.79. The Morgan fingerprint density at radius 3 is 2.14 bits per heavy atom. The highest BCUT2D eigenvalue weighted by atomic mass is 16.6. The lowest BCUT2D eigenvalue weighted by atomic mass is 10.2. The number of rotatable bonds is 2. The van der Waals surface area contributed by atoms with Crippen molar-refractivity contribution >= 4 is 6.09 Å². The molecule has 0 spiro atoms. The maximum Gasteiger partial charge on any atom is 0.410 e. The number of hydrogen-bond donors (Lipinski definition) is 2. The van der Waals surface area contributed by atoms with E-state index in [4.69, 9.17) is 4.74 Å². The highest BCUT2D eigenvalue weighted by Gasteiger charge is 2.28. The van der Waals surface area contributed by atoms with Crippen LogP contribution in [0.3, 0.4) is 0 Å². The predicted octanol–water partition coefficient (Wildman–Crippen LogP) is 0.553. The zero-order valence-electron chi connectivity index (χ0n) is 9.42. The largest absolute Gasteiger partial charge is 0.444 e. The minimum atomic E-state index is -1.65. The van der Waals surface area contributed by atoms with Crippen LogP contribution in [0.25, 0.3) is 0 Å². The summed E-state index contributed by atoms with van der Waals surface area (Å²) < 4.78 is 4.95. The minimum Gasteiger partial charge on any atom is -0.444 e. The van der Waals surface area contributed by atoms with Gasteiger partial charge in [0.05, 0.1) is 0 Å². The molecular weight excluding hydrogens is 184 g/mol.